The smallest absolute Gasteiger partial charge is 0.101 e. The maximum Gasteiger partial charge on any atom is 0.101 e. The Balaban J connectivity index is 2.06. The van der Waals surface area contributed by atoms with Crippen LogP contribution < -0.4 is 5.32 Å². The molecule has 102 valence electrons. The van der Waals surface area contributed by atoms with E-state index in [0.717, 1.165) is 30.6 Å². The van der Waals surface area contributed by atoms with Gasteiger partial charge in [-0.25, -0.2) is 4.98 Å². The number of benzene rings is 1. The van der Waals surface area contributed by atoms with Gasteiger partial charge in [-0.1, -0.05) is 6.07 Å². The van der Waals surface area contributed by atoms with E-state index in [1.165, 1.54) is 24.2 Å². The van der Waals surface area contributed by atoms with E-state index in [1.54, 1.807) is 0 Å². The SMILES string of the molecule is CNCc1ccc(-n2cnc3c2CCCC3)c(C#N)c1. The molecule has 0 amide bonds. The number of fused-ring (bicyclic) bond motifs is 1. The van der Waals surface area contributed by atoms with E-state index >= 15 is 0 Å². The number of nitrogens with one attached hydrogen (secondary N) is 1. The van der Waals surface area contributed by atoms with Crippen molar-refractivity contribution in [2.24, 2.45) is 0 Å². The molecule has 1 aromatic heterocycles. The van der Waals surface area contributed by atoms with Crippen LogP contribution in [0.5, 0.6) is 0 Å². The highest BCUT2D eigenvalue weighted by Gasteiger charge is 2.17. The Hall–Kier alpha value is -2.12. The van der Waals surface area contributed by atoms with Gasteiger partial charge in [-0.05, 0) is 50.4 Å². The van der Waals surface area contributed by atoms with Crippen LogP contribution in [0.1, 0.15) is 35.4 Å². The van der Waals surface area contributed by atoms with Crippen molar-refractivity contribution in [3.05, 3.63) is 47.0 Å². The predicted molar refractivity (Wildman–Crippen MR) is 77.7 cm³/mol. The van der Waals surface area contributed by atoms with E-state index in [1.807, 2.05) is 25.5 Å². The Morgan fingerprint density at radius 2 is 2.20 bits per heavy atom. The Morgan fingerprint density at radius 3 is 3.00 bits per heavy atom. The molecule has 0 saturated carbocycles. The fourth-order valence-electron chi connectivity index (χ4n) is 2.87. The lowest BCUT2D eigenvalue weighted by molar-refractivity contribution is 0.656. The second-order valence-electron chi connectivity index (χ2n) is 5.21. The fourth-order valence-corrected chi connectivity index (χ4v) is 2.87. The molecule has 1 aliphatic rings. The molecule has 1 N–H and O–H groups in total. The van der Waals surface area contributed by atoms with Crippen LogP contribution >= 0.6 is 0 Å². The summed E-state index contributed by atoms with van der Waals surface area (Å²) in [6.07, 6.45) is 6.40. The van der Waals surface area contributed by atoms with Crippen molar-refractivity contribution in [2.75, 3.05) is 7.05 Å². The molecule has 0 saturated heterocycles. The van der Waals surface area contributed by atoms with E-state index in [4.69, 9.17) is 0 Å². The molecule has 20 heavy (non-hydrogen) atoms. The Morgan fingerprint density at radius 1 is 1.35 bits per heavy atom. The molecule has 0 radical (unpaired) electrons. The number of aromatic nitrogens is 2. The molecule has 0 unspecified atom stereocenters. The third-order valence-electron chi connectivity index (χ3n) is 3.85. The van der Waals surface area contributed by atoms with E-state index in [-0.39, 0.29) is 0 Å². The molecule has 0 fully saturated rings. The van der Waals surface area contributed by atoms with Crippen LogP contribution in [0.25, 0.3) is 5.69 Å². The Labute approximate surface area is 119 Å². The van der Waals surface area contributed by atoms with Gasteiger partial charge in [0.15, 0.2) is 0 Å². The molecule has 0 atom stereocenters. The highest BCUT2D eigenvalue weighted by Crippen LogP contribution is 2.25. The molecule has 0 aliphatic heterocycles. The highest BCUT2D eigenvalue weighted by molar-refractivity contribution is 5.52. The van der Waals surface area contributed by atoms with Gasteiger partial charge >= 0.3 is 0 Å². The molecule has 3 rings (SSSR count). The molecule has 0 bridgehead atoms. The van der Waals surface area contributed by atoms with Crippen LogP contribution in [-0.2, 0) is 19.4 Å². The van der Waals surface area contributed by atoms with Crippen molar-refractivity contribution in [3.63, 3.8) is 0 Å². The molecule has 4 nitrogen and oxygen atoms in total. The van der Waals surface area contributed by atoms with Crippen LogP contribution in [0.4, 0.5) is 0 Å². The predicted octanol–water partition coefficient (Wildman–Crippen LogP) is 2.34. The van der Waals surface area contributed by atoms with Crippen LogP contribution in [0, 0.1) is 11.3 Å². The van der Waals surface area contributed by atoms with Crippen LogP contribution in [-0.4, -0.2) is 16.6 Å². The van der Waals surface area contributed by atoms with Crippen LogP contribution in [0.15, 0.2) is 24.5 Å². The maximum atomic E-state index is 9.41. The van der Waals surface area contributed by atoms with Crippen molar-refractivity contribution >= 4 is 0 Å². The van der Waals surface area contributed by atoms with Crippen molar-refractivity contribution < 1.29 is 0 Å². The monoisotopic (exact) mass is 266 g/mol. The molecule has 1 aromatic carbocycles. The fraction of sp³-hybridized carbons (Fsp3) is 0.375. The first kappa shape index (κ1) is 12.9. The van der Waals surface area contributed by atoms with Crippen LogP contribution in [0.3, 0.4) is 0 Å². The van der Waals surface area contributed by atoms with Gasteiger partial charge in [-0.2, -0.15) is 5.26 Å². The highest BCUT2D eigenvalue weighted by atomic mass is 15.1. The number of hydrogen-bond donors (Lipinski definition) is 1. The summed E-state index contributed by atoms with van der Waals surface area (Å²) in [5.41, 5.74) is 5.25. The van der Waals surface area contributed by atoms with Crippen LogP contribution in [0.2, 0.25) is 0 Å². The molecular formula is C16H18N4. The lowest BCUT2D eigenvalue weighted by atomic mass is 10.0. The second kappa shape index (κ2) is 5.48. The molecule has 0 spiro atoms. The zero-order valence-corrected chi connectivity index (χ0v) is 11.7. The molecule has 1 aliphatic carbocycles. The number of nitrogens with zero attached hydrogens (tertiary/aromatic N) is 3. The zero-order valence-electron chi connectivity index (χ0n) is 11.7. The summed E-state index contributed by atoms with van der Waals surface area (Å²) >= 11 is 0. The van der Waals surface area contributed by atoms with Crippen molar-refractivity contribution in [2.45, 2.75) is 32.2 Å². The molecule has 4 heteroatoms. The van der Waals surface area contributed by atoms with Gasteiger partial charge in [0.05, 0.1) is 23.3 Å². The lowest BCUT2D eigenvalue weighted by Crippen LogP contribution is -2.09. The lowest BCUT2D eigenvalue weighted by Gasteiger charge is -2.15. The van der Waals surface area contributed by atoms with E-state index in [9.17, 15) is 5.26 Å². The number of rotatable bonds is 3. The topological polar surface area (TPSA) is 53.6 Å². The summed E-state index contributed by atoms with van der Waals surface area (Å²) in [6.45, 7) is 0.775. The summed E-state index contributed by atoms with van der Waals surface area (Å²) in [5, 5.41) is 12.5. The number of imidazole rings is 1. The molecule has 2 aromatic rings. The molecule has 1 heterocycles. The quantitative estimate of drug-likeness (QED) is 0.927. The Kier molecular flexibility index (Phi) is 3.53. The number of hydrogen-bond acceptors (Lipinski definition) is 3. The van der Waals surface area contributed by atoms with E-state index < -0.39 is 0 Å². The summed E-state index contributed by atoms with van der Waals surface area (Å²) in [4.78, 5) is 4.51. The van der Waals surface area contributed by atoms with Gasteiger partial charge in [0.25, 0.3) is 0 Å². The average Bonchev–Trinajstić information content (AvgIpc) is 2.91. The van der Waals surface area contributed by atoms with Crippen molar-refractivity contribution in [1.82, 2.24) is 14.9 Å². The third-order valence-corrected chi connectivity index (χ3v) is 3.85. The standard InChI is InChI=1S/C16H18N4/c1-18-10-12-6-7-15(13(8-12)9-17)20-11-19-14-4-2-3-5-16(14)20/h6-8,11,18H,2-5,10H2,1H3. The van der Waals surface area contributed by atoms with E-state index in [2.05, 4.69) is 27.0 Å². The van der Waals surface area contributed by atoms with Gasteiger partial charge in [-0.15, -0.1) is 0 Å². The minimum atomic E-state index is 0.712. The van der Waals surface area contributed by atoms with Gasteiger partial charge in [0.2, 0.25) is 0 Å². The minimum Gasteiger partial charge on any atom is -0.316 e. The van der Waals surface area contributed by atoms with Gasteiger partial charge in [-0.3, -0.25) is 0 Å². The van der Waals surface area contributed by atoms with Gasteiger partial charge in [0, 0.05) is 12.2 Å². The minimum absolute atomic E-state index is 0.712. The number of nitriles is 1. The van der Waals surface area contributed by atoms with Crippen molar-refractivity contribution in [1.29, 1.82) is 5.26 Å². The number of aryl methyl sites for hydroxylation is 1. The van der Waals surface area contributed by atoms with E-state index in [0.29, 0.717) is 5.56 Å². The van der Waals surface area contributed by atoms with Crippen molar-refractivity contribution in [3.8, 4) is 11.8 Å². The normalized spacial score (nSPS) is 13.8. The third kappa shape index (κ3) is 2.21. The first-order chi connectivity index (χ1) is 9.83. The summed E-state index contributed by atoms with van der Waals surface area (Å²) in [6, 6.07) is 8.37. The summed E-state index contributed by atoms with van der Waals surface area (Å²) < 4.78 is 2.09. The van der Waals surface area contributed by atoms with Gasteiger partial charge < -0.3 is 9.88 Å². The first-order valence-corrected chi connectivity index (χ1v) is 7.06. The summed E-state index contributed by atoms with van der Waals surface area (Å²) in [5.74, 6) is 0. The van der Waals surface area contributed by atoms with Gasteiger partial charge in [0.1, 0.15) is 6.07 Å². The maximum absolute atomic E-state index is 9.41. The largest absolute Gasteiger partial charge is 0.316 e. The molecular weight excluding hydrogens is 248 g/mol. The zero-order chi connectivity index (χ0) is 13.9. The first-order valence-electron chi connectivity index (χ1n) is 7.06. The Bertz CT molecular complexity index is 664. The second-order valence-corrected chi connectivity index (χ2v) is 5.21. The average molecular weight is 266 g/mol. The summed E-state index contributed by atoms with van der Waals surface area (Å²) in [7, 11) is 1.91.